The standard InChI is InChI=1S/C23H32N6O4S/c1-5-8-20-24-18(6-2)21-23(30)25-22(26-29(20)21)17-15-16(9-10-19(17)33-7-3)34(31,32)28-13-11-27(4)12-14-28/h9-10,15H,5-8,11-14H2,1-4H3,(H,25,26,30)/p+1. The average Bonchev–Trinajstić information content (AvgIpc) is 3.18. The van der Waals surface area contributed by atoms with Gasteiger partial charge >= 0.3 is 0 Å². The lowest BCUT2D eigenvalue weighted by atomic mass is 10.2. The number of rotatable bonds is 8. The van der Waals surface area contributed by atoms with E-state index in [0.29, 0.717) is 60.9 Å². The highest BCUT2D eigenvalue weighted by atomic mass is 32.2. The SMILES string of the molecule is CCCc1nc(CC)c2c(=O)[nH]c(-c3cc(S(=O)(=O)N4CC[NH+](C)CC4)ccc3OCC)nn12. The fourth-order valence-electron chi connectivity index (χ4n) is 4.28. The number of aromatic amines is 1. The van der Waals surface area contributed by atoms with E-state index in [-0.39, 0.29) is 16.3 Å². The van der Waals surface area contributed by atoms with E-state index in [1.54, 1.807) is 22.7 Å². The predicted octanol–water partition coefficient (Wildman–Crippen LogP) is 0.517. The van der Waals surface area contributed by atoms with E-state index in [0.717, 1.165) is 19.5 Å². The van der Waals surface area contributed by atoms with Crippen molar-refractivity contribution in [1.29, 1.82) is 0 Å². The van der Waals surface area contributed by atoms with Gasteiger partial charge in [0.05, 0.1) is 56.0 Å². The molecule has 3 heterocycles. The van der Waals surface area contributed by atoms with Crippen LogP contribution in [0.15, 0.2) is 27.9 Å². The van der Waals surface area contributed by atoms with E-state index >= 15 is 0 Å². The molecular formula is C23H33N6O4S+. The van der Waals surface area contributed by atoms with Crippen LogP contribution in [-0.2, 0) is 22.9 Å². The minimum Gasteiger partial charge on any atom is -0.493 e. The van der Waals surface area contributed by atoms with E-state index in [9.17, 15) is 13.2 Å². The van der Waals surface area contributed by atoms with Crippen LogP contribution < -0.4 is 15.2 Å². The van der Waals surface area contributed by atoms with Crippen LogP contribution in [0.5, 0.6) is 5.75 Å². The van der Waals surface area contributed by atoms with Gasteiger partial charge in [-0.05, 0) is 38.0 Å². The fraction of sp³-hybridized carbons (Fsp3) is 0.522. The lowest BCUT2D eigenvalue weighted by molar-refractivity contribution is -0.883. The van der Waals surface area contributed by atoms with Gasteiger partial charge in [0.15, 0.2) is 11.3 Å². The third kappa shape index (κ3) is 4.47. The third-order valence-electron chi connectivity index (χ3n) is 6.17. The largest absolute Gasteiger partial charge is 0.493 e. The lowest BCUT2D eigenvalue weighted by Gasteiger charge is -2.29. The molecule has 0 aliphatic carbocycles. The molecular weight excluding hydrogens is 456 g/mol. The van der Waals surface area contributed by atoms with Crippen molar-refractivity contribution < 1.29 is 18.1 Å². The minimum atomic E-state index is -3.69. The van der Waals surface area contributed by atoms with Crippen molar-refractivity contribution in [1.82, 2.24) is 23.9 Å². The molecule has 0 unspecified atom stereocenters. The van der Waals surface area contributed by atoms with Crippen LogP contribution in [0.2, 0.25) is 0 Å². The molecule has 10 nitrogen and oxygen atoms in total. The molecule has 11 heteroatoms. The van der Waals surface area contributed by atoms with Crippen LogP contribution in [0.3, 0.4) is 0 Å². The van der Waals surface area contributed by atoms with E-state index in [2.05, 4.69) is 22.1 Å². The normalized spacial score (nSPS) is 15.8. The molecule has 0 saturated carbocycles. The van der Waals surface area contributed by atoms with Crippen molar-refractivity contribution in [3.05, 3.63) is 40.1 Å². The van der Waals surface area contributed by atoms with Gasteiger partial charge in [0.25, 0.3) is 5.56 Å². The van der Waals surface area contributed by atoms with Crippen LogP contribution in [0.25, 0.3) is 16.9 Å². The number of hydrogen-bond acceptors (Lipinski definition) is 6. The number of sulfonamides is 1. The van der Waals surface area contributed by atoms with Gasteiger partial charge in [0.1, 0.15) is 11.6 Å². The molecule has 1 fully saturated rings. The van der Waals surface area contributed by atoms with Gasteiger partial charge in [0.2, 0.25) is 10.0 Å². The molecule has 0 bridgehead atoms. The maximum Gasteiger partial charge on any atom is 0.277 e. The summed E-state index contributed by atoms with van der Waals surface area (Å²) in [5.41, 5.74) is 1.24. The molecule has 4 rings (SSSR count). The second-order valence-electron chi connectivity index (χ2n) is 8.59. The van der Waals surface area contributed by atoms with Gasteiger partial charge in [-0.15, -0.1) is 5.10 Å². The van der Waals surface area contributed by atoms with E-state index in [1.807, 2.05) is 20.8 Å². The Morgan fingerprint density at radius 3 is 2.56 bits per heavy atom. The maximum absolute atomic E-state index is 13.4. The molecule has 1 aromatic carbocycles. The lowest BCUT2D eigenvalue weighted by Crippen LogP contribution is -3.12. The molecule has 1 aliphatic rings. The summed E-state index contributed by atoms with van der Waals surface area (Å²) in [7, 11) is -1.63. The number of nitrogens with zero attached hydrogens (tertiary/aromatic N) is 4. The highest BCUT2D eigenvalue weighted by Crippen LogP contribution is 2.31. The van der Waals surface area contributed by atoms with Crippen LogP contribution in [0.1, 0.15) is 38.7 Å². The summed E-state index contributed by atoms with van der Waals surface area (Å²) in [6, 6.07) is 4.74. The Labute approximate surface area is 199 Å². The van der Waals surface area contributed by atoms with Crippen LogP contribution in [0.4, 0.5) is 0 Å². The molecule has 34 heavy (non-hydrogen) atoms. The molecule has 3 aromatic rings. The maximum atomic E-state index is 13.4. The first kappa shape index (κ1) is 24.4. The number of fused-ring (bicyclic) bond motifs is 1. The summed E-state index contributed by atoms with van der Waals surface area (Å²) in [4.78, 5) is 22.0. The predicted molar refractivity (Wildman–Crippen MR) is 129 cm³/mol. The number of hydrogen-bond donors (Lipinski definition) is 2. The Bertz CT molecular complexity index is 1340. The monoisotopic (exact) mass is 489 g/mol. The molecule has 2 aromatic heterocycles. The van der Waals surface area contributed by atoms with E-state index in [4.69, 9.17) is 4.74 Å². The van der Waals surface area contributed by atoms with Gasteiger partial charge in [-0.25, -0.2) is 17.9 Å². The summed E-state index contributed by atoms with van der Waals surface area (Å²) in [5, 5.41) is 4.69. The number of imidazole rings is 1. The summed E-state index contributed by atoms with van der Waals surface area (Å²) < 4.78 is 35.6. The smallest absolute Gasteiger partial charge is 0.277 e. The average molecular weight is 490 g/mol. The number of H-pyrrole nitrogens is 1. The first-order valence-electron chi connectivity index (χ1n) is 11.9. The summed E-state index contributed by atoms with van der Waals surface area (Å²) in [5.74, 6) is 1.42. The van der Waals surface area contributed by atoms with Gasteiger partial charge in [0, 0.05) is 6.42 Å². The zero-order valence-corrected chi connectivity index (χ0v) is 21.0. The zero-order valence-electron chi connectivity index (χ0n) is 20.2. The Morgan fingerprint density at radius 2 is 1.91 bits per heavy atom. The van der Waals surface area contributed by atoms with E-state index < -0.39 is 10.0 Å². The summed E-state index contributed by atoms with van der Waals surface area (Å²) >= 11 is 0. The Morgan fingerprint density at radius 1 is 1.18 bits per heavy atom. The highest BCUT2D eigenvalue weighted by Gasteiger charge is 2.30. The topological polar surface area (TPSA) is 114 Å². The van der Waals surface area contributed by atoms with Crippen molar-refractivity contribution in [3.8, 4) is 17.1 Å². The second kappa shape index (κ2) is 9.85. The molecule has 0 spiro atoms. The van der Waals surface area contributed by atoms with Crippen LogP contribution in [0, 0.1) is 0 Å². The van der Waals surface area contributed by atoms with Gasteiger partial charge in [-0.2, -0.15) is 4.31 Å². The molecule has 0 radical (unpaired) electrons. The molecule has 0 atom stereocenters. The van der Waals surface area contributed by atoms with Crippen molar-refractivity contribution in [3.63, 3.8) is 0 Å². The molecule has 184 valence electrons. The third-order valence-corrected chi connectivity index (χ3v) is 8.06. The molecule has 1 saturated heterocycles. The van der Waals surface area contributed by atoms with Gasteiger partial charge in [-0.3, -0.25) is 4.79 Å². The Balaban J connectivity index is 1.86. The second-order valence-corrected chi connectivity index (χ2v) is 10.5. The number of likely N-dealkylation sites (N-methyl/N-ethyl adjacent to an activating group) is 1. The molecule has 0 amide bonds. The number of piperazine rings is 1. The van der Waals surface area contributed by atoms with Gasteiger partial charge in [-0.1, -0.05) is 13.8 Å². The van der Waals surface area contributed by atoms with Crippen LogP contribution >= 0.6 is 0 Å². The highest BCUT2D eigenvalue weighted by molar-refractivity contribution is 7.89. The summed E-state index contributed by atoms with van der Waals surface area (Å²) in [6.07, 6.45) is 2.15. The number of quaternary nitrogens is 1. The zero-order chi connectivity index (χ0) is 24.5. The number of nitrogens with one attached hydrogen (secondary N) is 2. The Kier molecular flexibility index (Phi) is 7.06. The van der Waals surface area contributed by atoms with Crippen molar-refractivity contribution in [2.75, 3.05) is 39.8 Å². The van der Waals surface area contributed by atoms with Crippen molar-refractivity contribution in [2.24, 2.45) is 0 Å². The number of aromatic nitrogens is 4. The quantitative estimate of drug-likeness (QED) is 0.477. The fourth-order valence-corrected chi connectivity index (χ4v) is 5.75. The van der Waals surface area contributed by atoms with Gasteiger partial charge < -0.3 is 14.6 Å². The first-order chi connectivity index (χ1) is 16.3. The summed E-state index contributed by atoms with van der Waals surface area (Å²) in [6.45, 7) is 8.68. The van der Waals surface area contributed by atoms with E-state index in [1.165, 1.54) is 9.21 Å². The van der Waals surface area contributed by atoms with Crippen LogP contribution in [-0.4, -0.2) is 72.1 Å². The number of ether oxygens (including phenoxy) is 1. The van der Waals surface area contributed by atoms with Crippen molar-refractivity contribution in [2.45, 2.75) is 44.9 Å². The molecule has 2 N–H and O–H groups in total. The Hall–Kier alpha value is -2.76. The number of benzene rings is 1. The number of aryl methyl sites for hydroxylation is 2. The van der Waals surface area contributed by atoms with Crippen molar-refractivity contribution >= 4 is 15.5 Å². The minimum absolute atomic E-state index is 0.155. The first-order valence-corrected chi connectivity index (χ1v) is 13.3. The molecule has 1 aliphatic heterocycles.